The quantitative estimate of drug-likeness (QED) is 0.663. The number of hydrogen-bond donors (Lipinski definition) is 2. The molecule has 0 radical (unpaired) electrons. The van der Waals surface area contributed by atoms with Crippen LogP contribution in [-0.4, -0.2) is 61.4 Å². The summed E-state index contributed by atoms with van der Waals surface area (Å²) in [5, 5.41) is 12.2. The first-order valence-electron chi connectivity index (χ1n) is 7.39. The van der Waals surface area contributed by atoms with Gasteiger partial charge in [0.25, 0.3) is 0 Å². The first-order chi connectivity index (χ1) is 9.13. The average Bonchev–Trinajstić information content (AvgIpc) is 2.39. The Kier molecular flexibility index (Phi) is 8.02. The fraction of sp³-hybridized carbons (Fsp3) is 0.929. The zero-order valence-corrected chi connectivity index (χ0v) is 12.2. The van der Waals surface area contributed by atoms with E-state index in [4.69, 9.17) is 9.84 Å². The van der Waals surface area contributed by atoms with Crippen molar-refractivity contribution in [3.63, 3.8) is 0 Å². The van der Waals surface area contributed by atoms with Crippen LogP contribution < -0.4 is 5.32 Å². The number of carbonyl (C=O) groups is 1. The third-order valence-corrected chi connectivity index (χ3v) is 3.53. The van der Waals surface area contributed by atoms with Gasteiger partial charge in [0.1, 0.15) is 6.04 Å². The first kappa shape index (κ1) is 16.4. The topological polar surface area (TPSA) is 61.8 Å². The molecule has 0 aromatic rings. The van der Waals surface area contributed by atoms with E-state index in [0.29, 0.717) is 12.5 Å². The number of rotatable bonds is 9. The van der Waals surface area contributed by atoms with Crippen LogP contribution in [0.2, 0.25) is 0 Å². The van der Waals surface area contributed by atoms with Crippen molar-refractivity contribution in [2.45, 2.75) is 51.2 Å². The van der Waals surface area contributed by atoms with Crippen LogP contribution in [-0.2, 0) is 9.53 Å². The van der Waals surface area contributed by atoms with Gasteiger partial charge in [-0.1, -0.05) is 6.92 Å². The van der Waals surface area contributed by atoms with Crippen molar-refractivity contribution in [1.82, 2.24) is 10.2 Å². The SMILES string of the molecule is CCCNC(CCN(C)CC1CCCCO1)C(=O)O. The number of hydrogen-bond acceptors (Lipinski definition) is 4. The van der Waals surface area contributed by atoms with Gasteiger partial charge in [0, 0.05) is 13.2 Å². The number of ether oxygens (including phenoxy) is 1. The van der Waals surface area contributed by atoms with Gasteiger partial charge >= 0.3 is 5.97 Å². The Labute approximate surface area is 116 Å². The molecule has 1 heterocycles. The predicted octanol–water partition coefficient (Wildman–Crippen LogP) is 1.33. The molecule has 2 N–H and O–H groups in total. The smallest absolute Gasteiger partial charge is 0.320 e. The lowest BCUT2D eigenvalue weighted by Crippen LogP contribution is -2.41. The monoisotopic (exact) mass is 272 g/mol. The number of aliphatic carboxylic acids is 1. The van der Waals surface area contributed by atoms with Gasteiger partial charge in [0.2, 0.25) is 0 Å². The van der Waals surface area contributed by atoms with Crippen LogP contribution in [0.25, 0.3) is 0 Å². The number of carboxylic acid groups (broad SMARTS) is 1. The van der Waals surface area contributed by atoms with E-state index in [9.17, 15) is 4.79 Å². The summed E-state index contributed by atoms with van der Waals surface area (Å²) in [6.45, 7) is 5.35. The highest BCUT2D eigenvalue weighted by atomic mass is 16.5. The van der Waals surface area contributed by atoms with Crippen molar-refractivity contribution in [2.24, 2.45) is 0 Å². The summed E-state index contributed by atoms with van der Waals surface area (Å²) in [6, 6.07) is -0.435. The molecule has 5 heteroatoms. The van der Waals surface area contributed by atoms with Crippen LogP contribution in [0.5, 0.6) is 0 Å². The third-order valence-electron chi connectivity index (χ3n) is 3.53. The Hall–Kier alpha value is -0.650. The Balaban J connectivity index is 2.22. The Bertz CT molecular complexity index is 255. The summed E-state index contributed by atoms with van der Waals surface area (Å²) in [5.41, 5.74) is 0. The Morgan fingerprint density at radius 1 is 1.53 bits per heavy atom. The van der Waals surface area contributed by atoms with Crippen LogP contribution in [0.1, 0.15) is 39.0 Å². The zero-order valence-electron chi connectivity index (χ0n) is 12.2. The highest BCUT2D eigenvalue weighted by molar-refractivity contribution is 5.73. The number of carboxylic acids is 1. The number of likely N-dealkylation sites (N-methyl/N-ethyl adjacent to an activating group) is 1. The lowest BCUT2D eigenvalue weighted by molar-refractivity contribution is -0.139. The summed E-state index contributed by atoms with van der Waals surface area (Å²) in [7, 11) is 2.04. The molecule has 2 atom stereocenters. The van der Waals surface area contributed by atoms with E-state index in [1.165, 1.54) is 12.8 Å². The van der Waals surface area contributed by atoms with Crippen molar-refractivity contribution in [1.29, 1.82) is 0 Å². The number of nitrogens with one attached hydrogen (secondary N) is 1. The van der Waals surface area contributed by atoms with Gasteiger partial charge < -0.3 is 20.1 Å². The van der Waals surface area contributed by atoms with Crippen molar-refractivity contribution < 1.29 is 14.6 Å². The molecule has 2 unspecified atom stereocenters. The standard InChI is InChI=1S/C14H28N2O3/c1-3-8-15-13(14(17)18)7-9-16(2)11-12-6-4-5-10-19-12/h12-13,15H,3-11H2,1-2H3,(H,17,18). The van der Waals surface area contributed by atoms with E-state index in [1.807, 2.05) is 14.0 Å². The average molecular weight is 272 g/mol. The normalized spacial score (nSPS) is 21.5. The molecule has 0 aliphatic carbocycles. The molecule has 0 saturated carbocycles. The Morgan fingerprint density at radius 2 is 2.32 bits per heavy atom. The predicted molar refractivity (Wildman–Crippen MR) is 75.4 cm³/mol. The third kappa shape index (κ3) is 6.89. The molecule has 0 amide bonds. The highest BCUT2D eigenvalue weighted by Gasteiger charge is 2.19. The van der Waals surface area contributed by atoms with E-state index < -0.39 is 12.0 Å². The second kappa shape index (κ2) is 9.28. The maximum atomic E-state index is 11.1. The lowest BCUT2D eigenvalue weighted by Gasteiger charge is -2.28. The lowest BCUT2D eigenvalue weighted by atomic mass is 10.1. The second-order valence-electron chi connectivity index (χ2n) is 5.38. The van der Waals surface area contributed by atoms with E-state index in [-0.39, 0.29) is 0 Å². The van der Waals surface area contributed by atoms with Gasteiger partial charge in [-0.25, -0.2) is 0 Å². The fourth-order valence-electron chi connectivity index (χ4n) is 2.37. The van der Waals surface area contributed by atoms with Crippen molar-refractivity contribution in [3.8, 4) is 0 Å². The van der Waals surface area contributed by atoms with E-state index in [2.05, 4.69) is 10.2 Å². The van der Waals surface area contributed by atoms with E-state index in [1.54, 1.807) is 0 Å². The molecule has 1 saturated heterocycles. The molecule has 5 nitrogen and oxygen atoms in total. The van der Waals surface area contributed by atoms with Gasteiger partial charge in [-0.3, -0.25) is 4.79 Å². The minimum atomic E-state index is -0.754. The van der Waals surface area contributed by atoms with Crippen LogP contribution in [0, 0.1) is 0 Å². The van der Waals surface area contributed by atoms with Crippen molar-refractivity contribution in [2.75, 3.05) is 33.3 Å². The first-order valence-corrected chi connectivity index (χ1v) is 7.39. The fourth-order valence-corrected chi connectivity index (χ4v) is 2.37. The molecule has 0 spiro atoms. The summed E-state index contributed by atoms with van der Waals surface area (Å²) in [4.78, 5) is 13.3. The molecule has 1 fully saturated rings. The molecular weight excluding hydrogens is 244 g/mol. The molecule has 19 heavy (non-hydrogen) atoms. The van der Waals surface area contributed by atoms with Gasteiger partial charge in [0.05, 0.1) is 6.10 Å². The van der Waals surface area contributed by atoms with E-state index >= 15 is 0 Å². The minimum Gasteiger partial charge on any atom is -0.480 e. The number of nitrogens with zero attached hydrogens (tertiary/aromatic N) is 1. The van der Waals surface area contributed by atoms with Gasteiger partial charge in [-0.2, -0.15) is 0 Å². The summed E-state index contributed by atoms with van der Waals surface area (Å²) >= 11 is 0. The molecule has 0 bridgehead atoms. The van der Waals surface area contributed by atoms with Gasteiger partial charge in [-0.05, 0) is 52.2 Å². The molecule has 1 aliphatic rings. The molecular formula is C14H28N2O3. The molecule has 1 rings (SSSR count). The Morgan fingerprint density at radius 3 is 2.89 bits per heavy atom. The molecule has 0 aromatic carbocycles. The van der Waals surface area contributed by atoms with Gasteiger partial charge in [0.15, 0.2) is 0 Å². The van der Waals surface area contributed by atoms with Crippen molar-refractivity contribution in [3.05, 3.63) is 0 Å². The van der Waals surface area contributed by atoms with Gasteiger partial charge in [-0.15, -0.1) is 0 Å². The maximum Gasteiger partial charge on any atom is 0.320 e. The van der Waals surface area contributed by atoms with E-state index in [0.717, 1.165) is 39.1 Å². The highest BCUT2D eigenvalue weighted by Crippen LogP contribution is 2.13. The second-order valence-corrected chi connectivity index (χ2v) is 5.38. The van der Waals surface area contributed by atoms with Crippen LogP contribution in [0.15, 0.2) is 0 Å². The van der Waals surface area contributed by atoms with Crippen molar-refractivity contribution >= 4 is 5.97 Å². The molecule has 112 valence electrons. The zero-order chi connectivity index (χ0) is 14.1. The summed E-state index contributed by atoms with van der Waals surface area (Å²) < 4.78 is 5.69. The maximum absolute atomic E-state index is 11.1. The van der Waals surface area contributed by atoms with Crippen LogP contribution >= 0.6 is 0 Å². The summed E-state index contributed by atoms with van der Waals surface area (Å²) in [6.07, 6.45) is 5.46. The van der Waals surface area contributed by atoms with Crippen LogP contribution in [0.4, 0.5) is 0 Å². The van der Waals surface area contributed by atoms with Crippen LogP contribution in [0.3, 0.4) is 0 Å². The molecule has 0 aromatic heterocycles. The largest absolute Gasteiger partial charge is 0.480 e. The molecule has 1 aliphatic heterocycles. The minimum absolute atomic E-state index is 0.325. The summed E-state index contributed by atoms with van der Waals surface area (Å²) in [5.74, 6) is -0.754.